The van der Waals surface area contributed by atoms with E-state index >= 15 is 0 Å². The lowest BCUT2D eigenvalue weighted by Gasteiger charge is -2.15. The number of ether oxygens (including phenoxy) is 1. The van der Waals surface area contributed by atoms with Gasteiger partial charge in [0.25, 0.3) is 0 Å². The Morgan fingerprint density at radius 2 is 1.86 bits per heavy atom. The zero-order valence-corrected chi connectivity index (χ0v) is 14.8. The molecule has 0 aliphatic carbocycles. The van der Waals surface area contributed by atoms with Crippen molar-refractivity contribution in [3.8, 4) is 5.75 Å². The maximum absolute atomic E-state index is 14.0. The molecule has 0 bridgehead atoms. The number of rotatable bonds is 4. The van der Waals surface area contributed by atoms with Crippen molar-refractivity contribution in [2.75, 3.05) is 6.61 Å². The van der Waals surface area contributed by atoms with Gasteiger partial charge >= 0.3 is 0 Å². The van der Waals surface area contributed by atoms with Crippen LogP contribution in [0.4, 0.5) is 8.78 Å². The molecule has 2 rings (SSSR count). The summed E-state index contributed by atoms with van der Waals surface area (Å²) in [6.45, 7) is 4.10. The highest BCUT2D eigenvalue weighted by molar-refractivity contribution is 9.10. The highest BCUT2D eigenvalue weighted by atomic mass is 79.9. The monoisotopic (exact) mass is 418 g/mol. The molecular formula is C16H14Br2F2O. The molecule has 0 spiro atoms. The Balaban J connectivity index is 2.38. The first kappa shape index (κ1) is 16.4. The van der Waals surface area contributed by atoms with Crippen molar-refractivity contribution in [1.29, 1.82) is 0 Å². The number of halogens is 4. The quantitative estimate of drug-likeness (QED) is 0.559. The van der Waals surface area contributed by atoms with Crippen molar-refractivity contribution in [2.45, 2.75) is 18.7 Å². The van der Waals surface area contributed by atoms with E-state index in [2.05, 4.69) is 31.9 Å². The number of alkyl halides is 1. The summed E-state index contributed by atoms with van der Waals surface area (Å²) in [5, 5.41) is 0. The smallest absolute Gasteiger partial charge is 0.133 e. The molecule has 0 N–H and O–H groups in total. The van der Waals surface area contributed by atoms with E-state index in [1.165, 1.54) is 6.07 Å². The Hall–Kier alpha value is -0.940. The van der Waals surface area contributed by atoms with Gasteiger partial charge in [0, 0.05) is 11.6 Å². The Kier molecular flexibility index (Phi) is 5.38. The third-order valence-corrected chi connectivity index (χ3v) is 4.74. The standard InChI is InChI=1S/C16H14Br2F2O/c1-3-21-15-5-4-10(7-12(15)17)16(18)11-6-9(2)13(19)8-14(11)20/h4-8,16H,3H2,1-2H3. The SMILES string of the molecule is CCOc1ccc(C(Br)c2cc(C)c(F)cc2F)cc1Br. The van der Waals surface area contributed by atoms with Crippen LogP contribution in [0.1, 0.15) is 28.4 Å². The summed E-state index contributed by atoms with van der Waals surface area (Å²) in [5.74, 6) is -0.370. The molecule has 0 aliphatic rings. The first-order valence-electron chi connectivity index (χ1n) is 6.46. The second kappa shape index (κ2) is 6.88. The van der Waals surface area contributed by atoms with Gasteiger partial charge in [-0.25, -0.2) is 8.78 Å². The zero-order valence-electron chi connectivity index (χ0n) is 11.6. The Labute approximate surface area is 139 Å². The average molecular weight is 420 g/mol. The van der Waals surface area contributed by atoms with Crippen LogP contribution in [-0.4, -0.2) is 6.61 Å². The van der Waals surface area contributed by atoms with Crippen LogP contribution < -0.4 is 4.74 Å². The fourth-order valence-corrected chi connectivity index (χ4v) is 3.15. The Bertz CT molecular complexity index is 659. The number of benzene rings is 2. The summed E-state index contributed by atoms with van der Waals surface area (Å²) >= 11 is 6.91. The van der Waals surface area contributed by atoms with Crippen LogP contribution in [0.25, 0.3) is 0 Å². The van der Waals surface area contributed by atoms with Gasteiger partial charge in [0.2, 0.25) is 0 Å². The van der Waals surface area contributed by atoms with Crippen LogP contribution >= 0.6 is 31.9 Å². The fraction of sp³-hybridized carbons (Fsp3) is 0.250. The lowest BCUT2D eigenvalue weighted by molar-refractivity contribution is 0.338. The van der Waals surface area contributed by atoms with Crippen molar-refractivity contribution in [3.63, 3.8) is 0 Å². The lowest BCUT2D eigenvalue weighted by atomic mass is 10.0. The molecule has 2 aromatic rings. The average Bonchev–Trinajstić information content (AvgIpc) is 2.44. The number of hydrogen-bond acceptors (Lipinski definition) is 1. The van der Waals surface area contributed by atoms with Crippen molar-refractivity contribution in [2.24, 2.45) is 0 Å². The minimum Gasteiger partial charge on any atom is -0.493 e. The van der Waals surface area contributed by atoms with Gasteiger partial charge in [-0.2, -0.15) is 0 Å². The van der Waals surface area contributed by atoms with E-state index in [1.54, 1.807) is 6.92 Å². The topological polar surface area (TPSA) is 9.23 Å². The number of hydrogen-bond donors (Lipinski definition) is 0. The first-order valence-corrected chi connectivity index (χ1v) is 8.16. The summed E-state index contributed by atoms with van der Waals surface area (Å²) in [5.41, 5.74) is 1.68. The minimum atomic E-state index is -0.565. The first-order chi connectivity index (χ1) is 9.93. The van der Waals surface area contributed by atoms with E-state index in [0.29, 0.717) is 17.7 Å². The zero-order chi connectivity index (χ0) is 15.6. The largest absolute Gasteiger partial charge is 0.493 e. The Morgan fingerprint density at radius 3 is 2.48 bits per heavy atom. The molecule has 1 unspecified atom stereocenters. The second-order valence-corrected chi connectivity index (χ2v) is 6.38. The molecule has 1 nitrogen and oxygen atoms in total. The molecule has 0 radical (unpaired) electrons. The predicted octanol–water partition coefficient (Wildman–Crippen LogP) is 5.92. The Morgan fingerprint density at radius 1 is 1.14 bits per heavy atom. The molecule has 1 atom stereocenters. The van der Waals surface area contributed by atoms with Gasteiger partial charge in [-0.05, 0) is 59.1 Å². The van der Waals surface area contributed by atoms with Gasteiger partial charge in [0.05, 0.1) is 15.9 Å². The third kappa shape index (κ3) is 3.64. The van der Waals surface area contributed by atoms with Crippen molar-refractivity contribution in [1.82, 2.24) is 0 Å². The summed E-state index contributed by atoms with van der Waals surface area (Å²) in [6.07, 6.45) is 0. The molecule has 0 aliphatic heterocycles. The molecule has 0 saturated carbocycles. The van der Waals surface area contributed by atoms with Crippen LogP contribution in [0.2, 0.25) is 0 Å². The fourth-order valence-electron chi connectivity index (χ4n) is 2.00. The molecule has 21 heavy (non-hydrogen) atoms. The summed E-state index contributed by atoms with van der Waals surface area (Å²) in [4.78, 5) is -0.358. The van der Waals surface area contributed by atoms with E-state index < -0.39 is 11.6 Å². The molecule has 0 saturated heterocycles. The molecule has 112 valence electrons. The number of aryl methyl sites for hydroxylation is 1. The molecule has 0 heterocycles. The maximum Gasteiger partial charge on any atom is 0.133 e. The molecule has 0 aromatic heterocycles. The molecule has 5 heteroatoms. The highest BCUT2D eigenvalue weighted by Gasteiger charge is 2.18. The second-order valence-electron chi connectivity index (χ2n) is 4.61. The van der Waals surface area contributed by atoms with Gasteiger partial charge in [-0.15, -0.1) is 0 Å². The van der Waals surface area contributed by atoms with Crippen LogP contribution in [0.15, 0.2) is 34.8 Å². The highest BCUT2D eigenvalue weighted by Crippen LogP contribution is 2.37. The van der Waals surface area contributed by atoms with E-state index in [9.17, 15) is 8.78 Å². The minimum absolute atomic E-state index is 0.358. The molecular weight excluding hydrogens is 406 g/mol. The van der Waals surface area contributed by atoms with Crippen LogP contribution in [0.5, 0.6) is 5.75 Å². The predicted molar refractivity (Wildman–Crippen MR) is 87.2 cm³/mol. The van der Waals surface area contributed by atoms with E-state index in [0.717, 1.165) is 21.9 Å². The molecule has 0 fully saturated rings. The maximum atomic E-state index is 14.0. The van der Waals surface area contributed by atoms with Gasteiger partial charge in [0.1, 0.15) is 17.4 Å². The van der Waals surface area contributed by atoms with Gasteiger partial charge in [-0.1, -0.05) is 22.0 Å². The third-order valence-electron chi connectivity index (χ3n) is 3.10. The lowest BCUT2D eigenvalue weighted by Crippen LogP contribution is -2.00. The molecule has 0 amide bonds. The van der Waals surface area contributed by atoms with Crippen molar-refractivity contribution in [3.05, 3.63) is 63.1 Å². The van der Waals surface area contributed by atoms with Gasteiger partial charge in [-0.3, -0.25) is 0 Å². The molecule has 2 aromatic carbocycles. The van der Waals surface area contributed by atoms with Crippen LogP contribution in [-0.2, 0) is 0 Å². The van der Waals surface area contributed by atoms with Crippen molar-refractivity contribution >= 4 is 31.9 Å². The summed E-state index contributed by atoms with van der Waals surface area (Å²) in [6, 6.07) is 7.98. The van der Waals surface area contributed by atoms with Gasteiger partial charge in [0.15, 0.2) is 0 Å². The van der Waals surface area contributed by atoms with E-state index in [4.69, 9.17) is 4.74 Å². The van der Waals surface area contributed by atoms with E-state index in [-0.39, 0.29) is 4.83 Å². The van der Waals surface area contributed by atoms with Crippen molar-refractivity contribution < 1.29 is 13.5 Å². The summed E-state index contributed by atoms with van der Waals surface area (Å²) in [7, 11) is 0. The van der Waals surface area contributed by atoms with Crippen LogP contribution in [0.3, 0.4) is 0 Å². The van der Waals surface area contributed by atoms with Gasteiger partial charge < -0.3 is 4.74 Å². The van der Waals surface area contributed by atoms with E-state index in [1.807, 2.05) is 25.1 Å². The normalized spacial score (nSPS) is 12.3. The summed E-state index contributed by atoms with van der Waals surface area (Å²) < 4.78 is 33.6. The van der Waals surface area contributed by atoms with Crippen LogP contribution in [0, 0.1) is 18.6 Å².